The maximum atomic E-state index is 13.0. The summed E-state index contributed by atoms with van der Waals surface area (Å²) in [4.78, 5) is 61.1. The van der Waals surface area contributed by atoms with Gasteiger partial charge in [-0.15, -0.1) is 0 Å². The molecule has 0 saturated carbocycles. The van der Waals surface area contributed by atoms with Gasteiger partial charge >= 0.3 is 11.9 Å². The van der Waals surface area contributed by atoms with Gasteiger partial charge < -0.3 is 37.6 Å². The normalized spacial score (nSPS) is 16.3. The van der Waals surface area contributed by atoms with Gasteiger partial charge in [-0.1, -0.05) is 40.5 Å². The van der Waals surface area contributed by atoms with Crippen LogP contribution in [0, 0.1) is 11.8 Å². The molecule has 196 valence electrons. The molecule has 12 nitrogen and oxygen atoms in total. The van der Waals surface area contributed by atoms with Gasteiger partial charge in [0.05, 0.1) is 12.5 Å². The summed E-state index contributed by atoms with van der Waals surface area (Å²) in [7, 11) is 0. The Hall–Kier alpha value is -2.73. The molecule has 0 radical (unpaired) electrons. The Labute approximate surface area is 200 Å². The summed E-state index contributed by atoms with van der Waals surface area (Å²) in [6, 6.07) is -4.69. The summed E-state index contributed by atoms with van der Waals surface area (Å²) in [6.07, 6.45) is 1.51. The predicted octanol–water partition coefficient (Wildman–Crippen LogP) is -0.451. The molecule has 0 aromatic carbocycles. The van der Waals surface area contributed by atoms with Crippen molar-refractivity contribution < 1.29 is 34.2 Å². The Balaban J connectivity index is 5.55. The second kappa shape index (κ2) is 16.0. The molecule has 0 heterocycles. The van der Waals surface area contributed by atoms with Crippen LogP contribution in [0.4, 0.5) is 0 Å². The van der Waals surface area contributed by atoms with Gasteiger partial charge in [-0.3, -0.25) is 19.2 Å². The maximum absolute atomic E-state index is 13.0. The topological polar surface area (TPSA) is 214 Å². The molecular weight excluding hydrogens is 446 g/mol. The van der Waals surface area contributed by atoms with E-state index in [0.29, 0.717) is 32.2 Å². The van der Waals surface area contributed by atoms with Crippen molar-refractivity contribution in [1.29, 1.82) is 0 Å². The van der Waals surface area contributed by atoms with E-state index < -0.39 is 60.2 Å². The van der Waals surface area contributed by atoms with E-state index in [0.717, 1.165) is 0 Å². The first-order valence-electron chi connectivity index (χ1n) is 11.7. The van der Waals surface area contributed by atoms with E-state index in [2.05, 4.69) is 16.0 Å². The zero-order valence-electron chi connectivity index (χ0n) is 20.5. The summed E-state index contributed by atoms with van der Waals surface area (Å²) < 4.78 is 0. The molecule has 0 saturated heterocycles. The third-order valence-electron chi connectivity index (χ3n) is 5.93. The standard InChI is InChI=1S/C22H41N5O7/c1-5-12(3)17(24)20(31)27-18(13(4)6-2)21(32)26-15(11-16(28)29)19(30)25-14(22(33)34)9-7-8-10-23/h12-15,17-18H,5-11,23-24H2,1-4H3,(H,25,30)(H,26,32)(H,27,31)(H,28,29)(H,33,34). The molecule has 12 heteroatoms. The molecule has 0 aliphatic heterocycles. The van der Waals surface area contributed by atoms with Crippen LogP contribution in [-0.4, -0.2) is 70.6 Å². The van der Waals surface area contributed by atoms with E-state index in [1.165, 1.54) is 0 Å². The van der Waals surface area contributed by atoms with E-state index in [9.17, 15) is 34.2 Å². The molecule has 0 fully saturated rings. The third-order valence-corrected chi connectivity index (χ3v) is 5.93. The molecule has 3 amide bonds. The van der Waals surface area contributed by atoms with E-state index >= 15 is 0 Å². The lowest BCUT2D eigenvalue weighted by Crippen LogP contribution is -2.59. The molecular formula is C22H41N5O7. The monoisotopic (exact) mass is 487 g/mol. The first-order valence-corrected chi connectivity index (χ1v) is 11.7. The summed E-state index contributed by atoms with van der Waals surface area (Å²) in [5.74, 6) is -5.34. The van der Waals surface area contributed by atoms with Crippen LogP contribution in [0.5, 0.6) is 0 Å². The summed E-state index contributed by atoms with van der Waals surface area (Å²) in [5.41, 5.74) is 11.4. The van der Waals surface area contributed by atoms with Crippen molar-refractivity contribution in [3.8, 4) is 0 Å². The Kier molecular flexibility index (Phi) is 14.7. The van der Waals surface area contributed by atoms with Crippen molar-refractivity contribution in [2.45, 2.75) is 90.4 Å². The first kappa shape index (κ1) is 31.3. The quantitative estimate of drug-likeness (QED) is 0.132. The van der Waals surface area contributed by atoms with E-state index in [1.807, 2.05) is 20.8 Å². The van der Waals surface area contributed by atoms with Gasteiger partial charge in [-0.2, -0.15) is 0 Å². The van der Waals surface area contributed by atoms with Crippen molar-refractivity contribution in [2.75, 3.05) is 6.54 Å². The minimum Gasteiger partial charge on any atom is -0.481 e. The lowest BCUT2D eigenvalue weighted by molar-refractivity contribution is -0.144. The Morgan fingerprint density at radius 3 is 1.82 bits per heavy atom. The lowest BCUT2D eigenvalue weighted by Gasteiger charge is -2.28. The van der Waals surface area contributed by atoms with Crippen LogP contribution in [0.25, 0.3) is 0 Å². The van der Waals surface area contributed by atoms with Crippen LogP contribution in [0.15, 0.2) is 0 Å². The molecule has 0 aromatic rings. The summed E-state index contributed by atoms with van der Waals surface area (Å²) in [5, 5.41) is 25.8. The van der Waals surface area contributed by atoms with Crippen LogP contribution >= 0.6 is 0 Å². The predicted molar refractivity (Wildman–Crippen MR) is 125 cm³/mol. The van der Waals surface area contributed by atoms with Crippen molar-refractivity contribution in [1.82, 2.24) is 16.0 Å². The van der Waals surface area contributed by atoms with Crippen molar-refractivity contribution in [3.63, 3.8) is 0 Å². The number of nitrogens with two attached hydrogens (primary N) is 2. The van der Waals surface area contributed by atoms with Crippen LogP contribution in [0.3, 0.4) is 0 Å². The van der Waals surface area contributed by atoms with Gasteiger partial charge in [0, 0.05) is 0 Å². The molecule has 6 atom stereocenters. The van der Waals surface area contributed by atoms with Crippen molar-refractivity contribution in [2.24, 2.45) is 23.3 Å². The zero-order valence-corrected chi connectivity index (χ0v) is 20.5. The van der Waals surface area contributed by atoms with Gasteiger partial charge in [-0.05, 0) is 37.6 Å². The number of carboxylic acid groups (broad SMARTS) is 2. The van der Waals surface area contributed by atoms with Crippen LogP contribution in [0.1, 0.15) is 66.2 Å². The second-order valence-corrected chi connectivity index (χ2v) is 8.63. The number of hydrogen-bond donors (Lipinski definition) is 7. The molecule has 0 rings (SSSR count). The van der Waals surface area contributed by atoms with Gasteiger partial charge in [0.25, 0.3) is 0 Å². The summed E-state index contributed by atoms with van der Waals surface area (Å²) in [6.45, 7) is 7.59. The Morgan fingerprint density at radius 1 is 0.794 bits per heavy atom. The first-order chi connectivity index (χ1) is 15.9. The molecule has 34 heavy (non-hydrogen) atoms. The highest BCUT2D eigenvalue weighted by Crippen LogP contribution is 2.12. The number of unbranched alkanes of at least 4 members (excludes halogenated alkanes) is 1. The Morgan fingerprint density at radius 2 is 1.35 bits per heavy atom. The minimum atomic E-state index is -1.53. The highest BCUT2D eigenvalue weighted by atomic mass is 16.4. The zero-order chi connectivity index (χ0) is 26.4. The number of aliphatic carboxylic acids is 2. The van der Waals surface area contributed by atoms with E-state index in [-0.39, 0.29) is 18.3 Å². The largest absolute Gasteiger partial charge is 0.481 e. The van der Waals surface area contributed by atoms with Gasteiger partial charge in [-0.25, -0.2) is 4.79 Å². The third kappa shape index (κ3) is 10.9. The fourth-order valence-corrected chi connectivity index (χ4v) is 3.13. The van der Waals surface area contributed by atoms with Crippen LogP contribution < -0.4 is 27.4 Å². The average molecular weight is 488 g/mol. The maximum Gasteiger partial charge on any atom is 0.326 e. The number of carboxylic acids is 2. The second-order valence-electron chi connectivity index (χ2n) is 8.63. The molecule has 0 aliphatic carbocycles. The fourth-order valence-electron chi connectivity index (χ4n) is 3.13. The van der Waals surface area contributed by atoms with E-state index in [1.54, 1.807) is 6.92 Å². The molecule has 0 bridgehead atoms. The molecule has 9 N–H and O–H groups in total. The van der Waals surface area contributed by atoms with Gasteiger partial charge in [0.15, 0.2) is 0 Å². The molecule has 0 aliphatic rings. The molecule has 0 aromatic heterocycles. The number of rotatable bonds is 17. The molecule has 0 spiro atoms. The lowest BCUT2D eigenvalue weighted by atomic mass is 9.95. The minimum absolute atomic E-state index is 0.102. The Bertz CT molecular complexity index is 703. The molecule has 6 unspecified atom stereocenters. The number of nitrogens with one attached hydrogen (secondary N) is 3. The summed E-state index contributed by atoms with van der Waals surface area (Å²) >= 11 is 0. The highest BCUT2D eigenvalue weighted by Gasteiger charge is 2.33. The van der Waals surface area contributed by atoms with Gasteiger partial charge in [0.1, 0.15) is 18.1 Å². The highest BCUT2D eigenvalue weighted by molar-refractivity contribution is 5.95. The van der Waals surface area contributed by atoms with Crippen LogP contribution in [-0.2, 0) is 24.0 Å². The number of amides is 3. The van der Waals surface area contributed by atoms with Crippen LogP contribution in [0.2, 0.25) is 0 Å². The smallest absolute Gasteiger partial charge is 0.326 e. The SMILES string of the molecule is CCC(C)C(N)C(=O)NC(C(=O)NC(CC(=O)O)C(=O)NC(CCCCN)C(=O)O)C(C)CC. The fraction of sp³-hybridized carbons (Fsp3) is 0.773. The van der Waals surface area contributed by atoms with E-state index in [4.69, 9.17) is 11.5 Å². The van der Waals surface area contributed by atoms with Crippen molar-refractivity contribution >= 4 is 29.7 Å². The number of carbonyl (C=O) groups is 5. The number of carbonyl (C=O) groups excluding carboxylic acids is 3. The van der Waals surface area contributed by atoms with Gasteiger partial charge in [0.2, 0.25) is 17.7 Å². The van der Waals surface area contributed by atoms with Crippen molar-refractivity contribution in [3.05, 3.63) is 0 Å². The number of hydrogen-bond acceptors (Lipinski definition) is 7. The average Bonchev–Trinajstić information content (AvgIpc) is 2.78.